The van der Waals surface area contributed by atoms with E-state index in [9.17, 15) is 49.2 Å². The molecular weight excluding hydrogens is 362 g/mol. The summed E-state index contributed by atoms with van der Waals surface area (Å²) in [5, 5.41) is 49.9. The van der Waals surface area contributed by atoms with Crippen LogP contribution < -0.4 is 0 Å². The van der Waals surface area contributed by atoms with Crippen LogP contribution in [0.2, 0.25) is 0 Å². The fraction of sp³-hybridized carbons (Fsp3) is 0.750. The molecule has 0 saturated heterocycles. The minimum atomic E-state index is -3.51. The molecule has 1 rings (SSSR count). The number of rotatable bonds is 10. The first-order chi connectivity index (χ1) is 11.6. The van der Waals surface area contributed by atoms with Crippen molar-refractivity contribution in [3.05, 3.63) is 52.2 Å². The molecule has 17 heteroatoms. The van der Waals surface area contributed by atoms with E-state index in [2.05, 4.69) is 14.6 Å². The van der Waals surface area contributed by atoms with Crippen molar-refractivity contribution in [1.82, 2.24) is 10.2 Å². The fourth-order valence-corrected chi connectivity index (χ4v) is 1.84. The lowest BCUT2D eigenvalue weighted by Gasteiger charge is -2.13. The molecule has 0 spiro atoms. The molecule has 1 aromatic rings. The molecule has 0 aromatic carbocycles. The van der Waals surface area contributed by atoms with Crippen LogP contribution in [0.4, 0.5) is 8.78 Å². The Kier molecular flexibility index (Phi) is 5.51. The summed E-state index contributed by atoms with van der Waals surface area (Å²) in [6, 6.07) is 0. The Labute approximate surface area is 134 Å². The number of hydrogen-bond donors (Lipinski definition) is 0. The van der Waals surface area contributed by atoms with Gasteiger partial charge in [-0.25, -0.2) is 0 Å². The molecule has 0 atom stereocenters. The van der Waals surface area contributed by atoms with Gasteiger partial charge in [-0.15, -0.1) is 0 Å². The van der Waals surface area contributed by atoms with Crippen molar-refractivity contribution in [2.45, 2.75) is 24.2 Å². The van der Waals surface area contributed by atoms with Crippen molar-refractivity contribution < 1.29 is 32.9 Å². The van der Waals surface area contributed by atoms with Gasteiger partial charge in [-0.3, -0.25) is 49.2 Å². The summed E-state index contributed by atoms with van der Waals surface area (Å²) in [5.74, 6) is -3.02. The van der Waals surface area contributed by atoms with Gasteiger partial charge in [-0.1, -0.05) is 10.2 Å². The van der Waals surface area contributed by atoms with Crippen LogP contribution in [0, 0.1) is 40.5 Å². The molecule has 0 unspecified atom stereocenters. The van der Waals surface area contributed by atoms with Gasteiger partial charge in [0.1, 0.15) is 45.9 Å². The smallest absolute Gasteiger partial charge is 0.401 e. The third-order valence-corrected chi connectivity index (χ3v) is 3.20. The maximum absolute atomic E-state index is 12.5. The van der Waals surface area contributed by atoms with Crippen LogP contribution in [-0.2, 0) is 11.3 Å². The van der Waals surface area contributed by atoms with Gasteiger partial charge in [0.25, 0.3) is 0 Å². The van der Waals surface area contributed by atoms with Gasteiger partial charge in [0.2, 0.25) is 0 Å². The first kappa shape index (κ1) is 19.6. The molecule has 0 aliphatic heterocycles. The van der Waals surface area contributed by atoms with Crippen LogP contribution >= 0.6 is 0 Å². The molecular formula is C8H8F2N6O9. The lowest BCUT2D eigenvalue weighted by molar-refractivity contribution is -0.818. The van der Waals surface area contributed by atoms with E-state index < -0.39 is 69.0 Å². The lowest BCUT2D eigenvalue weighted by Crippen LogP contribution is -2.45. The second kappa shape index (κ2) is 7.01. The Hall–Kier alpha value is -3.40. The van der Waals surface area contributed by atoms with Crippen molar-refractivity contribution in [3.8, 4) is 0 Å². The zero-order valence-electron chi connectivity index (χ0n) is 11.9. The zero-order valence-corrected chi connectivity index (χ0v) is 11.9. The third-order valence-electron chi connectivity index (χ3n) is 3.20. The maximum atomic E-state index is 12.5. The fourth-order valence-electron chi connectivity index (χ4n) is 1.84. The number of aromatic nitrogens is 2. The molecule has 15 nitrogen and oxygen atoms in total. The van der Waals surface area contributed by atoms with Crippen LogP contribution in [0.5, 0.6) is 0 Å². The summed E-state index contributed by atoms with van der Waals surface area (Å²) >= 11 is 0. The monoisotopic (exact) mass is 370 g/mol. The zero-order chi connectivity index (χ0) is 19.4. The summed E-state index contributed by atoms with van der Waals surface area (Å²) in [4.78, 5) is 37.9. The average Bonchev–Trinajstić information content (AvgIpc) is 2.98. The molecule has 0 aliphatic rings. The van der Waals surface area contributed by atoms with Crippen LogP contribution in [0.15, 0.2) is 4.42 Å². The summed E-state index contributed by atoms with van der Waals surface area (Å²) in [7, 11) is 0. The SMILES string of the molecule is O=[N+]([O-])C(CCF)(c1nnc(C(CCF)([N+](=O)[O-])[N+](=O)[O-])o1)[N+](=O)[O-]. The predicted octanol–water partition coefficient (Wildman–Crippen LogP) is 0.201. The van der Waals surface area contributed by atoms with E-state index in [4.69, 9.17) is 0 Å². The Morgan fingerprint density at radius 1 is 0.760 bits per heavy atom. The molecule has 138 valence electrons. The van der Waals surface area contributed by atoms with Crippen LogP contribution in [0.1, 0.15) is 24.6 Å². The number of halogens is 2. The van der Waals surface area contributed by atoms with Gasteiger partial charge < -0.3 is 4.42 Å². The third kappa shape index (κ3) is 2.90. The van der Waals surface area contributed by atoms with Gasteiger partial charge in [-0.2, -0.15) is 0 Å². The van der Waals surface area contributed by atoms with Crippen molar-refractivity contribution in [2.24, 2.45) is 0 Å². The Morgan fingerprint density at radius 2 is 1.04 bits per heavy atom. The van der Waals surface area contributed by atoms with Crippen LogP contribution in [0.3, 0.4) is 0 Å². The molecule has 0 fully saturated rings. The predicted molar refractivity (Wildman–Crippen MR) is 66.8 cm³/mol. The molecule has 0 N–H and O–H groups in total. The Morgan fingerprint density at radius 3 is 1.24 bits per heavy atom. The first-order valence-corrected chi connectivity index (χ1v) is 6.15. The minimum Gasteiger partial charge on any atom is -0.401 e. The highest BCUT2D eigenvalue weighted by Crippen LogP contribution is 2.34. The summed E-state index contributed by atoms with van der Waals surface area (Å²) in [6.07, 6.45) is -2.77. The number of alkyl halides is 2. The second-order valence-corrected chi connectivity index (χ2v) is 4.45. The standard InChI is InChI=1S/C8H8F2N6O9/c9-3-1-7(13(17)18,14(19)20)5-11-12-6(25-5)8(2-4-10,15(21)22)16(23)24/h1-4H2. The Bertz CT molecular complexity index is 624. The molecule has 0 aliphatic carbocycles. The molecule has 25 heavy (non-hydrogen) atoms. The average molecular weight is 370 g/mol. The number of nitro groups is 4. The lowest BCUT2D eigenvalue weighted by atomic mass is 10.1. The van der Waals surface area contributed by atoms with Gasteiger partial charge in [-0.05, 0) is 0 Å². The van der Waals surface area contributed by atoms with Crippen LogP contribution in [-0.4, -0.2) is 43.2 Å². The summed E-state index contributed by atoms with van der Waals surface area (Å²) in [6.45, 7) is -3.17. The summed E-state index contributed by atoms with van der Waals surface area (Å²) in [5.41, 5.74) is -7.01. The summed E-state index contributed by atoms with van der Waals surface area (Å²) < 4.78 is 29.5. The van der Waals surface area contributed by atoms with Crippen molar-refractivity contribution >= 4 is 0 Å². The first-order valence-electron chi connectivity index (χ1n) is 6.15. The normalized spacial score (nSPS) is 11.9. The molecule has 0 radical (unpaired) electrons. The van der Waals surface area contributed by atoms with E-state index in [1.54, 1.807) is 0 Å². The topological polar surface area (TPSA) is 211 Å². The molecule has 1 heterocycles. The largest absolute Gasteiger partial charge is 0.536 e. The second-order valence-electron chi connectivity index (χ2n) is 4.45. The molecule has 1 aromatic heterocycles. The minimum absolute atomic E-state index is 1.39. The van der Waals surface area contributed by atoms with E-state index in [1.807, 2.05) is 0 Å². The Balaban J connectivity index is 3.63. The molecule has 0 saturated carbocycles. The van der Waals surface area contributed by atoms with Crippen LogP contribution in [0.25, 0.3) is 0 Å². The quantitative estimate of drug-likeness (QED) is 0.308. The number of hydrogen-bond acceptors (Lipinski definition) is 11. The van der Waals surface area contributed by atoms with Gasteiger partial charge in [0, 0.05) is 0 Å². The van der Waals surface area contributed by atoms with E-state index in [-0.39, 0.29) is 0 Å². The number of nitrogens with zero attached hydrogens (tertiary/aromatic N) is 6. The highest BCUT2D eigenvalue weighted by Gasteiger charge is 2.67. The highest BCUT2D eigenvalue weighted by atomic mass is 19.1. The van der Waals surface area contributed by atoms with E-state index in [1.165, 1.54) is 0 Å². The highest BCUT2D eigenvalue weighted by molar-refractivity contribution is 4.96. The molecule has 0 bridgehead atoms. The van der Waals surface area contributed by atoms with Crippen molar-refractivity contribution in [3.63, 3.8) is 0 Å². The molecule has 0 amide bonds. The maximum Gasteiger partial charge on any atom is 0.536 e. The van der Waals surface area contributed by atoms with E-state index in [0.29, 0.717) is 0 Å². The van der Waals surface area contributed by atoms with Crippen molar-refractivity contribution in [2.75, 3.05) is 13.3 Å². The van der Waals surface area contributed by atoms with E-state index >= 15 is 0 Å². The van der Waals surface area contributed by atoms with Gasteiger partial charge in [0.15, 0.2) is 0 Å². The van der Waals surface area contributed by atoms with Gasteiger partial charge >= 0.3 is 23.1 Å². The van der Waals surface area contributed by atoms with Gasteiger partial charge in [0.05, 0.1) is 0 Å². The van der Waals surface area contributed by atoms with E-state index in [0.717, 1.165) is 0 Å². The van der Waals surface area contributed by atoms with Crippen molar-refractivity contribution in [1.29, 1.82) is 0 Å².